The molecule has 0 aliphatic heterocycles. The summed E-state index contributed by atoms with van der Waals surface area (Å²) in [5, 5.41) is 0. The van der Waals surface area contributed by atoms with Gasteiger partial charge in [0, 0.05) is 0 Å². The molecule has 0 nitrogen and oxygen atoms in total. The summed E-state index contributed by atoms with van der Waals surface area (Å²) in [4.78, 5) is 0. The molecule has 1 aliphatic carbocycles. The summed E-state index contributed by atoms with van der Waals surface area (Å²) in [5.74, 6) is 2.53. The zero-order valence-corrected chi connectivity index (χ0v) is 16.8. The average molecular weight is 343 g/mol. The van der Waals surface area contributed by atoms with E-state index in [1.54, 1.807) is 0 Å². The molecule has 0 saturated heterocycles. The average Bonchev–Trinajstić information content (AvgIpc) is 2.64. The van der Waals surface area contributed by atoms with Gasteiger partial charge < -0.3 is 0 Å². The first-order valence-corrected chi connectivity index (χ1v) is 17.1. The van der Waals surface area contributed by atoms with Crippen molar-refractivity contribution >= 4 is 0 Å². The molecule has 0 heterocycles. The topological polar surface area (TPSA) is 0 Å². The SMILES string of the molecule is CC(C)[CH2][Zr]([CH3])([CH2]C(C)C)([CH2]C(C)C)[C]1=CC=CC1. The zero-order valence-electron chi connectivity index (χ0n) is 14.3. The number of rotatable bonds is 7. The minimum atomic E-state index is -2.79. The molecule has 0 atom stereocenters. The summed E-state index contributed by atoms with van der Waals surface area (Å²) in [6.45, 7) is 14.6. The molecular formula is C18H35Zr. The normalized spacial score (nSPS) is 18.2. The van der Waals surface area contributed by atoms with Crippen molar-refractivity contribution in [1.29, 1.82) is 0 Å². The summed E-state index contributed by atoms with van der Waals surface area (Å²) in [6.07, 6.45) is 8.45. The number of hydrogen-bond acceptors (Lipinski definition) is 0. The Hall–Kier alpha value is 0.363. The molecule has 0 fully saturated rings. The molecule has 0 aromatic heterocycles. The van der Waals surface area contributed by atoms with Gasteiger partial charge in [0.25, 0.3) is 0 Å². The van der Waals surface area contributed by atoms with E-state index in [-0.39, 0.29) is 0 Å². The predicted molar refractivity (Wildman–Crippen MR) is 86.6 cm³/mol. The number of hydrogen-bond donors (Lipinski definition) is 0. The molecule has 1 aliphatic rings. The summed E-state index contributed by atoms with van der Waals surface area (Å²) in [7, 11) is 0. The summed E-state index contributed by atoms with van der Waals surface area (Å²) in [5.41, 5.74) is 0. The van der Waals surface area contributed by atoms with E-state index < -0.39 is 18.8 Å². The molecule has 1 rings (SSSR count). The van der Waals surface area contributed by atoms with Crippen LogP contribution in [0.1, 0.15) is 48.0 Å². The van der Waals surface area contributed by atoms with Crippen LogP contribution < -0.4 is 0 Å². The molecule has 1 heteroatoms. The fourth-order valence-electron chi connectivity index (χ4n) is 5.24. The van der Waals surface area contributed by atoms with Crippen LogP contribution in [0, 0.1) is 17.8 Å². The second-order valence-corrected chi connectivity index (χ2v) is 26.0. The van der Waals surface area contributed by atoms with Crippen LogP contribution in [0.5, 0.6) is 0 Å². The van der Waals surface area contributed by atoms with E-state index >= 15 is 0 Å². The predicted octanol–water partition coefficient (Wildman–Crippen LogP) is 6.79. The van der Waals surface area contributed by atoms with Crippen LogP contribution in [0.25, 0.3) is 0 Å². The van der Waals surface area contributed by atoms with Crippen LogP contribution >= 0.6 is 0 Å². The quantitative estimate of drug-likeness (QED) is 0.477. The van der Waals surface area contributed by atoms with Crippen LogP contribution in [-0.2, 0) is 18.8 Å². The third kappa shape index (κ3) is 4.42. The van der Waals surface area contributed by atoms with Gasteiger partial charge in [0.05, 0.1) is 0 Å². The van der Waals surface area contributed by atoms with Crippen LogP contribution in [0.15, 0.2) is 21.5 Å². The van der Waals surface area contributed by atoms with Crippen molar-refractivity contribution in [2.75, 3.05) is 0 Å². The van der Waals surface area contributed by atoms with E-state index in [0.29, 0.717) is 0 Å². The van der Waals surface area contributed by atoms with Crippen molar-refractivity contribution in [2.45, 2.75) is 65.0 Å². The van der Waals surface area contributed by atoms with E-state index in [1.807, 2.05) is 3.28 Å². The van der Waals surface area contributed by atoms with Crippen molar-refractivity contribution in [2.24, 2.45) is 17.8 Å². The van der Waals surface area contributed by atoms with Gasteiger partial charge in [-0.05, 0) is 0 Å². The van der Waals surface area contributed by atoms with E-state index in [4.69, 9.17) is 0 Å². The Labute approximate surface area is 122 Å². The van der Waals surface area contributed by atoms with Gasteiger partial charge in [-0.25, -0.2) is 0 Å². The van der Waals surface area contributed by atoms with Crippen molar-refractivity contribution in [1.82, 2.24) is 0 Å². The second kappa shape index (κ2) is 6.42. The molecule has 0 aromatic rings. The maximum atomic E-state index is 2.78. The molecule has 0 saturated carbocycles. The van der Waals surface area contributed by atoms with Gasteiger partial charge in [-0.2, -0.15) is 0 Å². The van der Waals surface area contributed by atoms with Crippen molar-refractivity contribution < 1.29 is 18.8 Å². The molecule has 0 bridgehead atoms. The first-order chi connectivity index (χ1) is 8.66. The Morgan fingerprint density at radius 2 is 1.32 bits per heavy atom. The molecule has 0 unspecified atom stereocenters. The third-order valence-corrected chi connectivity index (χ3v) is 25.4. The molecule has 0 radical (unpaired) electrons. The summed E-state index contributed by atoms with van der Waals surface area (Å²) in [6, 6.07) is 0. The molecular weight excluding hydrogens is 307 g/mol. The van der Waals surface area contributed by atoms with Crippen LogP contribution in [0.4, 0.5) is 0 Å². The fraction of sp³-hybridized carbons (Fsp3) is 0.778. The summed E-state index contributed by atoms with van der Waals surface area (Å²) < 4.78 is 9.22. The van der Waals surface area contributed by atoms with Crippen LogP contribution in [0.2, 0.25) is 17.0 Å². The van der Waals surface area contributed by atoms with Crippen molar-refractivity contribution in [3.05, 3.63) is 21.5 Å². The fourth-order valence-corrected chi connectivity index (χ4v) is 29.3. The van der Waals surface area contributed by atoms with E-state index in [1.165, 1.54) is 18.8 Å². The van der Waals surface area contributed by atoms with Crippen molar-refractivity contribution in [3.8, 4) is 0 Å². The first-order valence-electron chi connectivity index (χ1n) is 8.22. The molecule has 111 valence electrons. The standard InChI is InChI=1S/C5H5.3C4H9.CH3.Zr/c1-2-4-5-3-1;3*1-4(2)3;;/h1-3H,4H2;3*4H,1H2,2-3H3;1H3;. The van der Waals surface area contributed by atoms with E-state index in [9.17, 15) is 0 Å². The summed E-state index contributed by atoms with van der Waals surface area (Å²) >= 11 is -2.79. The van der Waals surface area contributed by atoms with Gasteiger partial charge in [0.15, 0.2) is 0 Å². The van der Waals surface area contributed by atoms with Crippen LogP contribution in [-0.4, -0.2) is 0 Å². The van der Waals surface area contributed by atoms with Gasteiger partial charge in [-0.15, -0.1) is 0 Å². The minimum absolute atomic E-state index is 0.842. The van der Waals surface area contributed by atoms with E-state index in [0.717, 1.165) is 17.8 Å². The number of allylic oxidation sites excluding steroid dienone is 4. The van der Waals surface area contributed by atoms with Gasteiger partial charge in [0.1, 0.15) is 0 Å². The Bertz CT molecular complexity index is 329. The monoisotopic (exact) mass is 341 g/mol. The Morgan fingerprint density at radius 3 is 1.58 bits per heavy atom. The first kappa shape index (κ1) is 17.4. The Kier molecular flexibility index (Phi) is 5.89. The van der Waals surface area contributed by atoms with Gasteiger partial charge >= 0.3 is 123 Å². The molecule has 0 aromatic carbocycles. The zero-order chi connectivity index (χ0) is 14.7. The maximum absolute atomic E-state index is 2.79. The third-order valence-electron chi connectivity index (χ3n) is 4.78. The van der Waals surface area contributed by atoms with Crippen LogP contribution in [0.3, 0.4) is 0 Å². The van der Waals surface area contributed by atoms with Gasteiger partial charge in [0.2, 0.25) is 0 Å². The van der Waals surface area contributed by atoms with Gasteiger partial charge in [-0.1, -0.05) is 0 Å². The second-order valence-electron chi connectivity index (χ2n) is 8.71. The van der Waals surface area contributed by atoms with Crippen molar-refractivity contribution in [3.63, 3.8) is 0 Å². The molecule has 0 N–H and O–H groups in total. The van der Waals surface area contributed by atoms with E-state index in [2.05, 4.69) is 64.4 Å². The Morgan fingerprint density at radius 1 is 0.895 bits per heavy atom. The molecule has 0 spiro atoms. The molecule has 0 amide bonds. The Balaban J connectivity index is 3.22. The molecule has 19 heavy (non-hydrogen) atoms. The van der Waals surface area contributed by atoms with Gasteiger partial charge in [-0.3, -0.25) is 0 Å².